The molecule has 6 nitrogen and oxygen atoms in total. The van der Waals surface area contributed by atoms with E-state index in [4.69, 9.17) is 9.84 Å². The van der Waals surface area contributed by atoms with Crippen molar-refractivity contribution in [3.63, 3.8) is 0 Å². The summed E-state index contributed by atoms with van der Waals surface area (Å²) >= 11 is 3.14. The van der Waals surface area contributed by atoms with Crippen LogP contribution in [0.4, 0.5) is 5.69 Å². The number of carbonyl (C=O) groups is 2. The van der Waals surface area contributed by atoms with Crippen LogP contribution in [-0.4, -0.2) is 43.8 Å². The van der Waals surface area contributed by atoms with Gasteiger partial charge in [0.2, 0.25) is 5.91 Å². The number of rotatable bonds is 7. The second-order valence-corrected chi connectivity index (χ2v) is 4.57. The Balaban J connectivity index is 2.55. The topological polar surface area (TPSA) is 87.7 Å². The minimum Gasteiger partial charge on any atom is -0.478 e. The Labute approximate surface area is 119 Å². The number of hydrogen-bond acceptors (Lipinski definition) is 4. The Bertz CT molecular complexity index is 465. The maximum atomic E-state index is 11.6. The zero-order chi connectivity index (χ0) is 14.3. The Hall–Kier alpha value is -1.44. The van der Waals surface area contributed by atoms with Crippen molar-refractivity contribution >= 4 is 33.5 Å². The first-order valence-corrected chi connectivity index (χ1v) is 6.36. The van der Waals surface area contributed by atoms with E-state index in [0.717, 1.165) is 0 Å². The summed E-state index contributed by atoms with van der Waals surface area (Å²) in [6.45, 7) is 1.24. The molecule has 0 fully saturated rings. The summed E-state index contributed by atoms with van der Waals surface area (Å²) in [5, 5.41) is 14.5. The summed E-state index contributed by atoms with van der Waals surface area (Å²) in [5.74, 6) is -1.30. The van der Waals surface area contributed by atoms with Gasteiger partial charge in [0.15, 0.2) is 0 Å². The van der Waals surface area contributed by atoms with Crippen molar-refractivity contribution in [2.75, 3.05) is 32.1 Å². The number of anilines is 1. The van der Waals surface area contributed by atoms with Crippen LogP contribution in [-0.2, 0) is 9.53 Å². The first-order chi connectivity index (χ1) is 9.04. The molecule has 1 aromatic rings. The average molecular weight is 331 g/mol. The van der Waals surface area contributed by atoms with Crippen molar-refractivity contribution in [2.24, 2.45) is 0 Å². The van der Waals surface area contributed by atoms with Crippen LogP contribution in [0.15, 0.2) is 22.7 Å². The van der Waals surface area contributed by atoms with Crippen molar-refractivity contribution in [3.05, 3.63) is 28.2 Å². The molecule has 1 amide bonds. The molecule has 104 valence electrons. The summed E-state index contributed by atoms with van der Waals surface area (Å²) < 4.78 is 5.30. The van der Waals surface area contributed by atoms with Crippen LogP contribution in [0, 0.1) is 0 Å². The number of benzene rings is 1. The number of halogens is 1. The van der Waals surface area contributed by atoms with Gasteiger partial charge in [-0.1, -0.05) is 0 Å². The maximum absolute atomic E-state index is 11.6. The minimum absolute atomic E-state index is 0.102. The molecule has 0 radical (unpaired) electrons. The summed E-state index contributed by atoms with van der Waals surface area (Å²) in [7, 11) is 1.58. The highest BCUT2D eigenvalue weighted by molar-refractivity contribution is 9.10. The van der Waals surface area contributed by atoms with Crippen molar-refractivity contribution in [1.82, 2.24) is 5.32 Å². The predicted octanol–water partition coefficient (Wildman–Crippen LogP) is 1.32. The van der Waals surface area contributed by atoms with Gasteiger partial charge in [0.1, 0.15) is 0 Å². The molecule has 0 aromatic heterocycles. The summed E-state index contributed by atoms with van der Waals surface area (Å²) in [4.78, 5) is 22.5. The molecule has 0 aliphatic rings. The molecule has 19 heavy (non-hydrogen) atoms. The van der Waals surface area contributed by atoms with Gasteiger partial charge in [0.25, 0.3) is 0 Å². The van der Waals surface area contributed by atoms with E-state index in [2.05, 4.69) is 26.6 Å². The number of carboxylic acid groups (broad SMARTS) is 1. The molecule has 0 saturated heterocycles. The summed E-state index contributed by atoms with van der Waals surface area (Å²) in [6, 6.07) is 4.61. The molecular weight excluding hydrogens is 316 g/mol. The molecule has 0 aliphatic carbocycles. The van der Waals surface area contributed by atoms with Gasteiger partial charge in [-0.25, -0.2) is 4.79 Å². The molecule has 3 N–H and O–H groups in total. The van der Waals surface area contributed by atoms with Crippen LogP contribution in [0.3, 0.4) is 0 Å². The number of nitrogens with one attached hydrogen (secondary N) is 2. The fourth-order valence-corrected chi connectivity index (χ4v) is 1.76. The van der Waals surface area contributed by atoms with E-state index < -0.39 is 5.97 Å². The largest absolute Gasteiger partial charge is 0.478 e. The van der Waals surface area contributed by atoms with E-state index in [0.29, 0.717) is 23.3 Å². The highest BCUT2D eigenvalue weighted by Crippen LogP contribution is 2.21. The molecule has 0 spiro atoms. The van der Waals surface area contributed by atoms with Crippen LogP contribution in [0.25, 0.3) is 0 Å². The monoisotopic (exact) mass is 330 g/mol. The van der Waals surface area contributed by atoms with Gasteiger partial charge in [0.05, 0.1) is 18.7 Å². The van der Waals surface area contributed by atoms with Gasteiger partial charge in [-0.2, -0.15) is 0 Å². The van der Waals surface area contributed by atoms with Gasteiger partial charge < -0.3 is 20.5 Å². The van der Waals surface area contributed by atoms with E-state index in [1.807, 2.05) is 0 Å². The normalized spacial score (nSPS) is 10.2. The molecule has 1 rings (SSSR count). The third kappa shape index (κ3) is 5.37. The molecular formula is C12H15BrN2O4. The van der Waals surface area contributed by atoms with Crippen LogP contribution in [0.2, 0.25) is 0 Å². The quantitative estimate of drug-likeness (QED) is 0.656. The third-order valence-electron chi connectivity index (χ3n) is 2.25. The van der Waals surface area contributed by atoms with Gasteiger partial charge >= 0.3 is 5.97 Å². The molecule has 0 saturated carbocycles. The smallest absolute Gasteiger partial charge is 0.336 e. The van der Waals surface area contributed by atoms with Gasteiger partial charge in [0, 0.05) is 23.8 Å². The van der Waals surface area contributed by atoms with Crippen LogP contribution in [0.1, 0.15) is 10.4 Å². The fraction of sp³-hybridized carbons (Fsp3) is 0.333. The fourth-order valence-electron chi connectivity index (χ4n) is 1.35. The first kappa shape index (κ1) is 15.6. The predicted molar refractivity (Wildman–Crippen MR) is 74.5 cm³/mol. The number of carboxylic acids is 1. The first-order valence-electron chi connectivity index (χ1n) is 5.57. The second-order valence-electron chi connectivity index (χ2n) is 3.72. The average Bonchev–Trinajstić information content (AvgIpc) is 2.36. The Kier molecular flexibility index (Phi) is 6.48. The zero-order valence-electron chi connectivity index (χ0n) is 10.4. The Morgan fingerprint density at radius 1 is 1.42 bits per heavy atom. The SMILES string of the molecule is COCCNCC(=O)Nc1ccc(Br)c(C(=O)O)c1. The van der Waals surface area contributed by atoms with E-state index in [-0.39, 0.29) is 18.0 Å². The number of methoxy groups -OCH3 is 1. The Morgan fingerprint density at radius 2 is 2.16 bits per heavy atom. The van der Waals surface area contributed by atoms with Crippen molar-refractivity contribution in [2.45, 2.75) is 0 Å². The van der Waals surface area contributed by atoms with Gasteiger partial charge in [-0.05, 0) is 34.1 Å². The lowest BCUT2D eigenvalue weighted by Crippen LogP contribution is -2.30. The molecule has 7 heteroatoms. The van der Waals surface area contributed by atoms with Crippen LogP contribution in [0.5, 0.6) is 0 Å². The van der Waals surface area contributed by atoms with E-state index in [1.54, 1.807) is 19.2 Å². The second kappa shape index (κ2) is 7.88. The van der Waals surface area contributed by atoms with E-state index in [9.17, 15) is 9.59 Å². The standard InChI is InChI=1S/C12H15BrN2O4/c1-19-5-4-14-7-11(16)15-8-2-3-10(13)9(6-8)12(17)18/h2-3,6,14H,4-5,7H2,1H3,(H,15,16)(H,17,18). The van der Waals surface area contributed by atoms with Crippen molar-refractivity contribution in [3.8, 4) is 0 Å². The van der Waals surface area contributed by atoms with Gasteiger partial charge in [-0.3, -0.25) is 4.79 Å². The Morgan fingerprint density at radius 3 is 2.79 bits per heavy atom. The minimum atomic E-state index is -1.05. The molecule has 0 aliphatic heterocycles. The van der Waals surface area contributed by atoms with E-state index >= 15 is 0 Å². The summed E-state index contributed by atoms with van der Waals surface area (Å²) in [5.41, 5.74) is 0.546. The highest BCUT2D eigenvalue weighted by Gasteiger charge is 2.10. The van der Waals surface area contributed by atoms with Gasteiger partial charge in [-0.15, -0.1) is 0 Å². The third-order valence-corrected chi connectivity index (χ3v) is 2.94. The number of aromatic carboxylic acids is 1. The number of hydrogen-bond donors (Lipinski definition) is 3. The molecule has 0 heterocycles. The molecule has 0 unspecified atom stereocenters. The number of carbonyl (C=O) groups excluding carboxylic acids is 1. The molecule has 1 aromatic carbocycles. The maximum Gasteiger partial charge on any atom is 0.336 e. The lowest BCUT2D eigenvalue weighted by molar-refractivity contribution is -0.115. The molecule has 0 atom stereocenters. The van der Waals surface area contributed by atoms with E-state index in [1.165, 1.54) is 6.07 Å². The number of amides is 1. The molecule has 0 bridgehead atoms. The number of ether oxygens (including phenoxy) is 1. The zero-order valence-corrected chi connectivity index (χ0v) is 12.0. The van der Waals surface area contributed by atoms with Crippen LogP contribution >= 0.6 is 15.9 Å². The summed E-state index contributed by atoms with van der Waals surface area (Å²) in [6.07, 6.45) is 0. The lowest BCUT2D eigenvalue weighted by atomic mass is 10.2. The van der Waals surface area contributed by atoms with Crippen molar-refractivity contribution < 1.29 is 19.4 Å². The van der Waals surface area contributed by atoms with Crippen molar-refractivity contribution in [1.29, 1.82) is 0 Å². The highest BCUT2D eigenvalue weighted by atomic mass is 79.9. The van der Waals surface area contributed by atoms with Crippen LogP contribution < -0.4 is 10.6 Å². The lowest BCUT2D eigenvalue weighted by Gasteiger charge is -2.08.